The highest BCUT2D eigenvalue weighted by Gasteiger charge is 2.02. The molecule has 0 aliphatic heterocycles. The molecule has 0 amide bonds. The zero-order valence-electron chi connectivity index (χ0n) is 7.88. The first kappa shape index (κ1) is 10.4. The minimum atomic E-state index is 0.522. The molecule has 0 bridgehead atoms. The van der Waals surface area contributed by atoms with Gasteiger partial charge >= 0.3 is 0 Å². The van der Waals surface area contributed by atoms with Gasteiger partial charge in [0.25, 0.3) is 0 Å². The lowest BCUT2D eigenvalue weighted by Gasteiger charge is -2.10. The maximum absolute atomic E-state index is 5.63. The number of nitrogens with two attached hydrogens (primary N) is 1. The van der Waals surface area contributed by atoms with E-state index in [4.69, 9.17) is 10.5 Å². The molecule has 0 atom stereocenters. The van der Waals surface area contributed by atoms with Crippen molar-refractivity contribution < 1.29 is 4.74 Å². The van der Waals surface area contributed by atoms with E-state index in [1.54, 1.807) is 0 Å². The molecular weight excluding hydrogens is 230 g/mol. The maximum atomic E-state index is 5.63. The lowest BCUT2D eigenvalue weighted by molar-refractivity contribution is 0.269. The first-order valence-electron chi connectivity index (χ1n) is 4.27. The zero-order chi connectivity index (χ0) is 9.84. The summed E-state index contributed by atoms with van der Waals surface area (Å²) < 4.78 is 6.50. The Balaban J connectivity index is 2.70. The highest BCUT2D eigenvalue weighted by atomic mass is 79.9. The summed E-state index contributed by atoms with van der Waals surface area (Å²) in [5.74, 6) is 1.34. The highest BCUT2D eigenvalue weighted by Crippen LogP contribution is 2.27. The summed E-state index contributed by atoms with van der Waals surface area (Å²) in [4.78, 5) is 0. The van der Waals surface area contributed by atoms with Crippen LogP contribution < -0.4 is 10.5 Å². The molecule has 0 saturated heterocycles. The van der Waals surface area contributed by atoms with E-state index in [0.717, 1.165) is 15.9 Å². The van der Waals surface area contributed by atoms with Crippen LogP contribution in [0.4, 0.5) is 5.69 Å². The number of anilines is 1. The predicted octanol–water partition coefficient (Wildman–Crippen LogP) is 3.07. The zero-order valence-corrected chi connectivity index (χ0v) is 9.47. The van der Waals surface area contributed by atoms with Crippen LogP contribution in [-0.2, 0) is 0 Å². The average Bonchev–Trinajstić information content (AvgIpc) is 2.06. The summed E-state index contributed by atoms with van der Waals surface area (Å²) in [5, 5.41) is 0. The number of rotatable bonds is 3. The molecule has 2 N–H and O–H groups in total. The van der Waals surface area contributed by atoms with Gasteiger partial charge in [0.15, 0.2) is 0 Å². The molecule has 0 radical (unpaired) electrons. The van der Waals surface area contributed by atoms with Crippen molar-refractivity contribution in [2.24, 2.45) is 5.92 Å². The number of halogens is 1. The predicted molar refractivity (Wildman–Crippen MR) is 58.9 cm³/mol. The summed E-state index contributed by atoms with van der Waals surface area (Å²) in [5.41, 5.74) is 6.36. The Morgan fingerprint density at radius 1 is 1.46 bits per heavy atom. The molecule has 0 aliphatic rings. The van der Waals surface area contributed by atoms with Crippen LogP contribution in [0.1, 0.15) is 13.8 Å². The second-order valence-electron chi connectivity index (χ2n) is 3.39. The SMILES string of the molecule is CC(C)COc1cc(N)ccc1Br. The van der Waals surface area contributed by atoms with E-state index in [1.165, 1.54) is 0 Å². The summed E-state index contributed by atoms with van der Waals surface area (Å²) in [7, 11) is 0. The van der Waals surface area contributed by atoms with Gasteiger partial charge in [-0.3, -0.25) is 0 Å². The molecule has 2 nitrogen and oxygen atoms in total. The van der Waals surface area contributed by atoms with Gasteiger partial charge in [0, 0.05) is 11.8 Å². The molecule has 0 aromatic heterocycles. The van der Waals surface area contributed by atoms with E-state index in [0.29, 0.717) is 12.5 Å². The molecule has 3 heteroatoms. The fourth-order valence-electron chi connectivity index (χ4n) is 0.887. The van der Waals surface area contributed by atoms with Gasteiger partial charge in [-0.1, -0.05) is 13.8 Å². The second-order valence-corrected chi connectivity index (χ2v) is 4.25. The van der Waals surface area contributed by atoms with E-state index < -0.39 is 0 Å². The van der Waals surface area contributed by atoms with Crippen molar-refractivity contribution in [1.29, 1.82) is 0 Å². The maximum Gasteiger partial charge on any atom is 0.135 e. The molecule has 1 aromatic carbocycles. The molecular formula is C10H14BrNO. The molecule has 72 valence electrons. The van der Waals surface area contributed by atoms with Crippen LogP contribution in [0, 0.1) is 5.92 Å². The largest absolute Gasteiger partial charge is 0.492 e. The molecule has 1 rings (SSSR count). The van der Waals surface area contributed by atoms with Gasteiger partial charge < -0.3 is 10.5 Å². The topological polar surface area (TPSA) is 35.2 Å². The minimum Gasteiger partial charge on any atom is -0.492 e. The van der Waals surface area contributed by atoms with E-state index in [9.17, 15) is 0 Å². The van der Waals surface area contributed by atoms with Crippen molar-refractivity contribution in [1.82, 2.24) is 0 Å². The average molecular weight is 244 g/mol. The number of benzene rings is 1. The summed E-state index contributed by atoms with van der Waals surface area (Å²) in [6.45, 7) is 4.93. The van der Waals surface area contributed by atoms with E-state index >= 15 is 0 Å². The van der Waals surface area contributed by atoms with Crippen molar-refractivity contribution in [3.63, 3.8) is 0 Å². The highest BCUT2D eigenvalue weighted by molar-refractivity contribution is 9.10. The quantitative estimate of drug-likeness (QED) is 0.829. The third-order valence-corrected chi connectivity index (χ3v) is 2.18. The van der Waals surface area contributed by atoms with Crippen molar-refractivity contribution in [2.45, 2.75) is 13.8 Å². The van der Waals surface area contributed by atoms with Crippen LogP contribution >= 0.6 is 15.9 Å². The minimum absolute atomic E-state index is 0.522. The van der Waals surface area contributed by atoms with Crippen molar-refractivity contribution in [3.05, 3.63) is 22.7 Å². The van der Waals surface area contributed by atoms with E-state index in [1.807, 2.05) is 18.2 Å². The van der Waals surface area contributed by atoms with Gasteiger partial charge in [0.05, 0.1) is 11.1 Å². The van der Waals surface area contributed by atoms with E-state index in [2.05, 4.69) is 29.8 Å². The Bertz CT molecular complexity index is 286. The number of nitrogen functional groups attached to an aromatic ring is 1. The summed E-state index contributed by atoms with van der Waals surface area (Å²) in [6, 6.07) is 5.56. The standard InChI is InChI=1S/C10H14BrNO/c1-7(2)6-13-10-5-8(12)3-4-9(10)11/h3-5,7H,6,12H2,1-2H3. The fourth-order valence-corrected chi connectivity index (χ4v) is 1.25. The van der Waals surface area contributed by atoms with Crippen LogP contribution in [0.3, 0.4) is 0 Å². The summed E-state index contributed by atoms with van der Waals surface area (Å²) >= 11 is 3.40. The van der Waals surface area contributed by atoms with Crippen LogP contribution in [-0.4, -0.2) is 6.61 Å². The van der Waals surface area contributed by atoms with Crippen molar-refractivity contribution in [2.75, 3.05) is 12.3 Å². The van der Waals surface area contributed by atoms with Gasteiger partial charge in [-0.2, -0.15) is 0 Å². The normalized spacial score (nSPS) is 10.5. The lowest BCUT2D eigenvalue weighted by atomic mass is 10.2. The van der Waals surface area contributed by atoms with Gasteiger partial charge in [-0.25, -0.2) is 0 Å². The first-order chi connectivity index (χ1) is 6.09. The molecule has 1 aromatic rings. The lowest BCUT2D eigenvalue weighted by Crippen LogP contribution is -2.05. The van der Waals surface area contributed by atoms with Crippen LogP contribution in [0.25, 0.3) is 0 Å². The smallest absolute Gasteiger partial charge is 0.135 e. The molecule has 0 unspecified atom stereocenters. The Kier molecular flexibility index (Phi) is 3.60. The molecule has 0 fully saturated rings. The van der Waals surface area contributed by atoms with Gasteiger partial charge in [-0.05, 0) is 34.0 Å². The first-order valence-corrected chi connectivity index (χ1v) is 5.06. The molecule has 0 aliphatic carbocycles. The van der Waals surface area contributed by atoms with Gasteiger partial charge in [0.2, 0.25) is 0 Å². The van der Waals surface area contributed by atoms with Gasteiger partial charge in [0.1, 0.15) is 5.75 Å². The van der Waals surface area contributed by atoms with Crippen LogP contribution in [0.5, 0.6) is 5.75 Å². The third kappa shape index (κ3) is 3.27. The Morgan fingerprint density at radius 3 is 2.77 bits per heavy atom. The number of hydrogen-bond acceptors (Lipinski definition) is 2. The third-order valence-electron chi connectivity index (χ3n) is 1.53. The van der Waals surface area contributed by atoms with Crippen molar-refractivity contribution in [3.8, 4) is 5.75 Å². The Morgan fingerprint density at radius 2 is 2.15 bits per heavy atom. The summed E-state index contributed by atoms with van der Waals surface area (Å²) in [6.07, 6.45) is 0. The molecule has 0 saturated carbocycles. The number of hydrogen-bond donors (Lipinski definition) is 1. The number of ether oxygens (including phenoxy) is 1. The van der Waals surface area contributed by atoms with Crippen LogP contribution in [0.15, 0.2) is 22.7 Å². The second kappa shape index (κ2) is 4.51. The van der Waals surface area contributed by atoms with E-state index in [-0.39, 0.29) is 0 Å². The van der Waals surface area contributed by atoms with Crippen LogP contribution in [0.2, 0.25) is 0 Å². The molecule has 0 spiro atoms. The van der Waals surface area contributed by atoms with Gasteiger partial charge in [-0.15, -0.1) is 0 Å². The monoisotopic (exact) mass is 243 g/mol. The Hall–Kier alpha value is -0.700. The molecule has 13 heavy (non-hydrogen) atoms. The molecule has 0 heterocycles. The fraction of sp³-hybridized carbons (Fsp3) is 0.400. The Labute approximate surface area is 87.2 Å². The van der Waals surface area contributed by atoms with Crippen molar-refractivity contribution >= 4 is 21.6 Å².